The van der Waals surface area contributed by atoms with Crippen LogP contribution in [0.15, 0.2) is 18.2 Å². The molecule has 1 aromatic rings. The lowest BCUT2D eigenvalue weighted by Gasteiger charge is -2.25. The lowest BCUT2D eigenvalue weighted by molar-refractivity contribution is -0.0114. The second-order valence-electron chi connectivity index (χ2n) is 4.17. The van der Waals surface area contributed by atoms with E-state index in [0.29, 0.717) is 24.2 Å². The molecule has 1 rings (SSSR count). The molecule has 96 valence electrons. The van der Waals surface area contributed by atoms with Crippen LogP contribution in [0.2, 0.25) is 0 Å². The van der Waals surface area contributed by atoms with Crippen LogP contribution in [0.1, 0.15) is 32.3 Å². The second kappa shape index (κ2) is 5.98. The van der Waals surface area contributed by atoms with Gasteiger partial charge in [0.05, 0.1) is 12.2 Å². The lowest BCUT2D eigenvalue weighted by Crippen LogP contribution is -2.34. The first-order valence-corrected chi connectivity index (χ1v) is 5.78. The summed E-state index contributed by atoms with van der Waals surface area (Å²) < 4.78 is 18.5. The van der Waals surface area contributed by atoms with Crippen LogP contribution in [0.4, 0.5) is 4.39 Å². The number of halogens is 1. The molecule has 0 aliphatic rings. The highest BCUT2D eigenvalue weighted by Gasteiger charge is 2.23. The van der Waals surface area contributed by atoms with E-state index in [1.807, 2.05) is 13.8 Å². The summed E-state index contributed by atoms with van der Waals surface area (Å²) in [5, 5.41) is 19.0. The topological polar surface area (TPSA) is 49.7 Å². The molecule has 0 fully saturated rings. The van der Waals surface area contributed by atoms with Gasteiger partial charge in [-0.15, -0.1) is 0 Å². The van der Waals surface area contributed by atoms with Crippen molar-refractivity contribution in [1.82, 2.24) is 0 Å². The normalized spacial score (nSPS) is 11.6. The fourth-order valence-electron chi connectivity index (χ4n) is 1.47. The van der Waals surface area contributed by atoms with Crippen LogP contribution in [0.5, 0.6) is 5.75 Å². The van der Waals surface area contributed by atoms with Crippen LogP contribution in [-0.2, 0) is 6.61 Å². The molecule has 0 heterocycles. The molecule has 0 saturated carbocycles. The van der Waals surface area contributed by atoms with Crippen molar-refractivity contribution < 1.29 is 19.3 Å². The first-order chi connectivity index (χ1) is 8.03. The van der Waals surface area contributed by atoms with Gasteiger partial charge in [-0.3, -0.25) is 0 Å². The summed E-state index contributed by atoms with van der Waals surface area (Å²) >= 11 is 0. The minimum Gasteiger partial charge on any atom is -0.490 e. The highest BCUT2D eigenvalue weighted by atomic mass is 19.1. The monoisotopic (exact) mass is 242 g/mol. The third-order valence-electron chi connectivity index (χ3n) is 2.94. The Morgan fingerprint density at radius 3 is 2.41 bits per heavy atom. The molecule has 0 aliphatic heterocycles. The number of aliphatic hydroxyl groups is 2. The van der Waals surface area contributed by atoms with Crippen molar-refractivity contribution >= 4 is 0 Å². The van der Waals surface area contributed by atoms with Crippen LogP contribution in [0, 0.1) is 5.82 Å². The SMILES string of the molecule is CCC(O)(CC)COc1cc(F)cc(CO)c1. The maximum atomic E-state index is 13.1. The number of hydrogen-bond acceptors (Lipinski definition) is 3. The van der Waals surface area contributed by atoms with Crippen molar-refractivity contribution in [3.63, 3.8) is 0 Å². The van der Waals surface area contributed by atoms with Crippen LogP contribution in [0.25, 0.3) is 0 Å². The van der Waals surface area contributed by atoms with E-state index in [9.17, 15) is 9.50 Å². The third kappa shape index (κ3) is 3.98. The summed E-state index contributed by atoms with van der Waals surface area (Å²) in [5.74, 6) is -0.127. The van der Waals surface area contributed by atoms with Gasteiger partial charge in [-0.2, -0.15) is 0 Å². The maximum Gasteiger partial charge on any atom is 0.127 e. The van der Waals surface area contributed by atoms with Crippen molar-refractivity contribution in [3.8, 4) is 5.75 Å². The summed E-state index contributed by atoms with van der Waals surface area (Å²) in [5.41, 5.74) is -0.428. The zero-order valence-electron chi connectivity index (χ0n) is 10.2. The van der Waals surface area contributed by atoms with Crippen LogP contribution in [-0.4, -0.2) is 22.4 Å². The summed E-state index contributed by atoms with van der Waals surface area (Å²) in [7, 11) is 0. The molecule has 0 radical (unpaired) electrons. The molecule has 17 heavy (non-hydrogen) atoms. The predicted molar refractivity (Wildman–Crippen MR) is 63.3 cm³/mol. The largest absolute Gasteiger partial charge is 0.490 e. The number of hydrogen-bond donors (Lipinski definition) is 2. The first kappa shape index (κ1) is 13.9. The van der Waals surface area contributed by atoms with Gasteiger partial charge < -0.3 is 14.9 Å². The molecular weight excluding hydrogens is 223 g/mol. The summed E-state index contributed by atoms with van der Waals surface area (Å²) in [6.45, 7) is 3.63. The second-order valence-corrected chi connectivity index (χ2v) is 4.17. The van der Waals surface area contributed by atoms with Gasteiger partial charge in [-0.25, -0.2) is 4.39 Å². The van der Waals surface area contributed by atoms with E-state index in [4.69, 9.17) is 9.84 Å². The van der Waals surface area contributed by atoms with Gasteiger partial charge in [0.2, 0.25) is 0 Å². The van der Waals surface area contributed by atoms with Crippen molar-refractivity contribution in [1.29, 1.82) is 0 Å². The maximum absolute atomic E-state index is 13.1. The Bertz CT molecular complexity index is 362. The van der Waals surface area contributed by atoms with Gasteiger partial charge in [0.25, 0.3) is 0 Å². The molecule has 0 amide bonds. The van der Waals surface area contributed by atoms with Crippen LogP contribution >= 0.6 is 0 Å². The average Bonchev–Trinajstić information content (AvgIpc) is 2.35. The molecule has 0 bridgehead atoms. The molecule has 3 nitrogen and oxygen atoms in total. The molecule has 0 unspecified atom stereocenters. The fourth-order valence-corrected chi connectivity index (χ4v) is 1.47. The Hall–Kier alpha value is -1.13. The molecular formula is C13H19FO3. The number of benzene rings is 1. The van der Waals surface area contributed by atoms with E-state index >= 15 is 0 Å². The van der Waals surface area contributed by atoms with E-state index in [-0.39, 0.29) is 13.2 Å². The molecule has 4 heteroatoms. The fraction of sp³-hybridized carbons (Fsp3) is 0.538. The standard InChI is InChI=1S/C13H19FO3/c1-3-13(16,4-2)9-17-12-6-10(8-15)5-11(14)7-12/h5-7,15-16H,3-4,8-9H2,1-2H3. The van der Waals surface area contributed by atoms with Gasteiger partial charge in [0.1, 0.15) is 18.2 Å². The zero-order chi connectivity index (χ0) is 12.9. The third-order valence-corrected chi connectivity index (χ3v) is 2.94. The molecule has 0 aliphatic carbocycles. The van der Waals surface area contributed by atoms with Gasteiger partial charge in [-0.05, 0) is 30.5 Å². The summed E-state index contributed by atoms with van der Waals surface area (Å²) in [6.07, 6.45) is 1.15. The van der Waals surface area contributed by atoms with E-state index in [0.717, 1.165) is 0 Å². The number of aliphatic hydroxyl groups excluding tert-OH is 1. The Morgan fingerprint density at radius 2 is 1.88 bits per heavy atom. The highest BCUT2D eigenvalue weighted by Crippen LogP contribution is 2.20. The highest BCUT2D eigenvalue weighted by molar-refractivity contribution is 5.29. The summed E-state index contributed by atoms with van der Waals surface area (Å²) in [6, 6.07) is 4.05. The van der Waals surface area contributed by atoms with Gasteiger partial charge >= 0.3 is 0 Å². The molecule has 2 N–H and O–H groups in total. The Morgan fingerprint density at radius 1 is 1.24 bits per heavy atom. The Kier molecular flexibility index (Phi) is 4.90. The van der Waals surface area contributed by atoms with E-state index < -0.39 is 11.4 Å². The van der Waals surface area contributed by atoms with E-state index in [2.05, 4.69) is 0 Å². The minimum absolute atomic E-state index is 0.119. The van der Waals surface area contributed by atoms with E-state index in [1.54, 1.807) is 6.07 Å². The molecule has 1 aromatic carbocycles. The van der Waals surface area contributed by atoms with Gasteiger partial charge in [0, 0.05) is 6.07 Å². The lowest BCUT2D eigenvalue weighted by atomic mass is 9.99. The van der Waals surface area contributed by atoms with Gasteiger partial charge in [0.15, 0.2) is 0 Å². The Balaban J connectivity index is 2.72. The van der Waals surface area contributed by atoms with Crippen molar-refractivity contribution in [2.45, 2.75) is 38.9 Å². The predicted octanol–water partition coefficient (Wildman–Crippen LogP) is 2.25. The van der Waals surface area contributed by atoms with Gasteiger partial charge in [-0.1, -0.05) is 13.8 Å². The molecule has 0 saturated heterocycles. The van der Waals surface area contributed by atoms with Crippen molar-refractivity contribution in [2.24, 2.45) is 0 Å². The number of rotatable bonds is 6. The zero-order valence-corrected chi connectivity index (χ0v) is 10.2. The first-order valence-electron chi connectivity index (χ1n) is 5.78. The Labute approximate surface area is 101 Å². The number of ether oxygens (including phenoxy) is 1. The summed E-state index contributed by atoms with van der Waals surface area (Å²) in [4.78, 5) is 0. The quantitative estimate of drug-likeness (QED) is 0.804. The van der Waals surface area contributed by atoms with Crippen LogP contribution in [0.3, 0.4) is 0 Å². The van der Waals surface area contributed by atoms with Crippen LogP contribution < -0.4 is 4.74 Å². The minimum atomic E-state index is -0.883. The molecule has 0 atom stereocenters. The molecule has 0 spiro atoms. The molecule has 0 aromatic heterocycles. The average molecular weight is 242 g/mol. The van der Waals surface area contributed by atoms with Crippen molar-refractivity contribution in [3.05, 3.63) is 29.6 Å². The van der Waals surface area contributed by atoms with E-state index in [1.165, 1.54) is 12.1 Å². The smallest absolute Gasteiger partial charge is 0.127 e. The van der Waals surface area contributed by atoms with Crippen molar-refractivity contribution in [2.75, 3.05) is 6.61 Å².